The van der Waals surface area contributed by atoms with Crippen LogP contribution in [0, 0.1) is 0 Å². The lowest BCUT2D eigenvalue weighted by atomic mass is 9.99. The number of nitrogens with one attached hydrogen (secondary N) is 1. The minimum Gasteiger partial charge on any atom is -0.449 e. The van der Waals surface area contributed by atoms with Crippen LogP contribution in [-0.4, -0.2) is 43.0 Å². The van der Waals surface area contributed by atoms with Gasteiger partial charge in [0.05, 0.1) is 18.1 Å². The Morgan fingerprint density at radius 2 is 1.86 bits per heavy atom. The van der Waals surface area contributed by atoms with Gasteiger partial charge in [0.15, 0.2) is 0 Å². The number of ether oxygens (including phenoxy) is 1. The van der Waals surface area contributed by atoms with Crippen molar-refractivity contribution in [3.8, 4) is 0 Å². The number of aryl methyl sites for hydroxylation is 2. The molecule has 1 saturated heterocycles. The number of benzene rings is 1. The first-order valence-electron chi connectivity index (χ1n) is 10.0. The number of fused-ring (bicyclic) bond motifs is 2. The van der Waals surface area contributed by atoms with E-state index in [2.05, 4.69) is 5.32 Å². The second-order valence-corrected chi connectivity index (χ2v) is 8.56. The normalized spacial score (nSPS) is 16.6. The number of anilines is 1. The number of furan rings is 1. The molecule has 0 radical (unpaired) electrons. The van der Waals surface area contributed by atoms with E-state index in [0.29, 0.717) is 42.5 Å². The summed E-state index contributed by atoms with van der Waals surface area (Å²) in [5, 5.41) is 3.71. The Bertz CT molecular complexity index is 1050. The number of morpholine rings is 1. The summed E-state index contributed by atoms with van der Waals surface area (Å²) in [5.41, 5.74) is 2.33. The third-order valence-corrected chi connectivity index (χ3v) is 6.78. The van der Waals surface area contributed by atoms with Gasteiger partial charge in [0.25, 0.3) is 11.8 Å². The summed E-state index contributed by atoms with van der Waals surface area (Å²) >= 11 is 1.56. The minimum atomic E-state index is -0.217. The zero-order valence-corrected chi connectivity index (χ0v) is 16.8. The smallest absolute Gasteiger partial charge is 0.291 e. The van der Waals surface area contributed by atoms with Gasteiger partial charge in [0, 0.05) is 23.4 Å². The average Bonchev–Trinajstić information content (AvgIpc) is 3.36. The standard InChI is InChI=1S/C22H22N2O4S/c25-21(18-13-14-5-1-4-8-17(14)29-18)23-19-15-6-2-3-7-16(15)28-20(19)22(26)24-9-11-27-12-10-24/h2-3,6-7,13H,1,4-5,8-12H2,(H,23,25). The highest BCUT2D eigenvalue weighted by Crippen LogP contribution is 2.34. The van der Waals surface area contributed by atoms with E-state index in [1.165, 1.54) is 23.3 Å². The molecular formula is C22H22N2O4S. The highest BCUT2D eigenvalue weighted by atomic mass is 32.1. The number of hydrogen-bond acceptors (Lipinski definition) is 5. The van der Waals surface area contributed by atoms with Crippen LogP contribution in [0.3, 0.4) is 0 Å². The molecule has 0 atom stereocenters. The summed E-state index contributed by atoms with van der Waals surface area (Å²) in [6, 6.07) is 9.41. The molecule has 0 spiro atoms. The van der Waals surface area contributed by atoms with Crippen LogP contribution in [0.25, 0.3) is 11.0 Å². The zero-order chi connectivity index (χ0) is 19.8. The zero-order valence-electron chi connectivity index (χ0n) is 16.0. The first-order valence-corrected chi connectivity index (χ1v) is 10.8. The SMILES string of the molecule is O=C(Nc1c(C(=O)N2CCOCC2)oc2ccccc12)c1cc2c(s1)CCCC2. The van der Waals surface area contributed by atoms with Crippen molar-refractivity contribution in [3.05, 3.63) is 51.4 Å². The van der Waals surface area contributed by atoms with E-state index in [4.69, 9.17) is 9.15 Å². The van der Waals surface area contributed by atoms with Crippen LogP contribution < -0.4 is 5.32 Å². The van der Waals surface area contributed by atoms with Crippen LogP contribution >= 0.6 is 11.3 Å². The summed E-state index contributed by atoms with van der Waals surface area (Å²) in [5.74, 6) is -0.222. The molecule has 0 unspecified atom stereocenters. The second-order valence-electron chi connectivity index (χ2n) is 7.43. The van der Waals surface area contributed by atoms with Crippen molar-refractivity contribution >= 4 is 39.8 Å². The van der Waals surface area contributed by atoms with Crippen molar-refractivity contribution in [2.75, 3.05) is 31.6 Å². The molecule has 5 rings (SSSR count). The maximum Gasteiger partial charge on any atom is 0.291 e. The summed E-state index contributed by atoms with van der Waals surface area (Å²) in [6.07, 6.45) is 4.44. The van der Waals surface area contributed by atoms with Gasteiger partial charge in [-0.1, -0.05) is 12.1 Å². The molecule has 1 aromatic carbocycles. The molecule has 2 aliphatic rings. The average molecular weight is 410 g/mol. The number of carbonyl (C=O) groups is 2. The number of para-hydroxylation sites is 1. The first-order chi connectivity index (χ1) is 14.2. The molecule has 1 fully saturated rings. The van der Waals surface area contributed by atoms with E-state index in [1.807, 2.05) is 30.3 Å². The van der Waals surface area contributed by atoms with Gasteiger partial charge in [0.2, 0.25) is 5.76 Å². The van der Waals surface area contributed by atoms with E-state index in [0.717, 1.165) is 18.2 Å². The summed E-state index contributed by atoms with van der Waals surface area (Å²) in [4.78, 5) is 29.8. The van der Waals surface area contributed by atoms with Crippen molar-refractivity contribution in [3.63, 3.8) is 0 Å². The fourth-order valence-electron chi connectivity index (χ4n) is 4.01. The van der Waals surface area contributed by atoms with Crippen LogP contribution in [0.15, 0.2) is 34.7 Å². The number of carbonyl (C=O) groups excluding carboxylic acids is 2. The first kappa shape index (κ1) is 18.4. The molecule has 150 valence electrons. The number of thiophene rings is 1. The van der Waals surface area contributed by atoms with Crippen LogP contribution in [-0.2, 0) is 17.6 Å². The Labute approximate surface area is 172 Å². The lowest BCUT2D eigenvalue weighted by Gasteiger charge is -2.26. The maximum atomic E-state index is 13.1. The minimum absolute atomic E-state index is 0.183. The molecule has 2 amide bonds. The van der Waals surface area contributed by atoms with Gasteiger partial charge in [-0.3, -0.25) is 9.59 Å². The highest BCUT2D eigenvalue weighted by molar-refractivity contribution is 7.14. The van der Waals surface area contributed by atoms with Gasteiger partial charge in [0.1, 0.15) is 11.3 Å². The van der Waals surface area contributed by atoms with E-state index in [1.54, 1.807) is 16.2 Å². The van der Waals surface area contributed by atoms with Crippen LogP contribution in [0.2, 0.25) is 0 Å². The molecule has 6 nitrogen and oxygen atoms in total. The van der Waals surface area contributed by atoms with Crippen molar-refractivity contribution in [1.29, 1.82) is 0 Å². The molecule has 3 heterocycles. The number of nitrogens with zero attached hydrogens (tertiary/aromatic N) is 1. The van der Waals surface area contributed by atoms with E-state index >= 15 is 0 Å². The number of hydrogen-bond donors (Lipinski definition) is 1. The van der Waals surface area contributed by atoms with Crippen molar-refractivity contribution in [2.45, 2.75) is 25.7 Å². The predicted octanol–water partition coefficient (Wildman–Crippen LogP) is 4.10. The maximum absolute atomic E-state index is 13.1. The second kappa shape index (κ2) is 7.65. The van der Waals surface area contributed by atoms with Crippen LogP contribution in [0.4, 0.5) is 5.69 Å². The van der Waals surface area contributed by atoms with Gasteiger partial charge >= 0.3 is 0 Å². The molecule has 2 aromatic heterocycles. The van der Waals surface area contributed by atoms with Gasteiger partial charge < -0.3 is 19.4 Å². The Hall–Kier alpha value is -2.64. The predicted molar refractivity (Wildman–Crippen MR) is 112 cm³/mol. The molecule has 1 aliphatic carbocycles. The lowest BCUT2D eigenvalue weighted by Crippen LogP contribution is -2.40. The Morgan fingerprint density at radius 3 is 2.69 bits per heavy atom. The summed E-state index contributed by atoms with van der Waals surface area (Å²) in [7, 11) is 0. The fourth-order valence-corrected chi connectivity index (χ4v) is 5.16. The molecule has 1 N–H and O–H groups in total. The summed E-state index contributed by atoms with van der Waals surface area (Å²) < 4.78 is 11.2. The van der Waals surface area contributed by atoms with Crippen molar-refractivity contribution < 1.29 is 18.7 Å². The van der Waals surface area contributed by atoms with Gasteiger partial charge in [-0.15, -0.1) is 11.3 Å². The van der Waals surface area contributed by atoms with Crippen LogP contribution in [0.5, 0.6) is 0 Å². The third-order valence-electron chi connectivity index (χ3n) is 5.55. The van der Waals surface area contributed by atoms with Crippen molar-refractivity contribution in [1.82, 2.24) is 4.90 Å². The molecule has 0 saturated carbocycles. The molecular weight excluding hydrogens is 388 g/mol. The van der Waals surface area contributed by atoms with Gasteiger partial charge in [-0.05, 0) is 49.4 Å². The largest absolute Gasteiger partial charge is 0.449 e. The molecule has 1 aliphatic heterocycles. The molecule has 7 heteroatoms. The van der Waals surface area contributed by atoms with Gasteiger partial charge in [-0.2, -0.15) is 0 Å². The van der Waals surface area contributed by atoms with E-state index in [9.17, 15) is 9.59 Å². The highest BCUT2D eigenvalue weighted by Gasteiger charge is 2.28. The third kappa shape index (κ3) is 3.45. The molecule has 29 heavy (non-hydrogen) atoms. The Morgan fingerprint density at radius 1 is 1.07 bits per heavy atom. The topological polar surface area (TPSA) is 71.8 Å². The monoisotopic (exact) mass is 410 g/mol. The Balaban J connectivity index is 1.49. The Kier molecular flexibility index (Phi) is 4.85. The molecule has 0 bridgehead atoms. The van der Waals surface area contributed by atoms with Crippen LogP contribution in [0.1, 0.15) is 43.5 Å². The quantitative estimate of drug-likeness (QED) is 0.706. The van der Waals surface area contributed by atoms with E-state index < -0.39 is 0 Å². The van der Waals surface area contributed by atoms with Gasteiger partial charge in [-0.25, -0.2) is 0 Å². The molecule has 3 aromatic rings. The summed E-state index contributed by atoms with van der Waals surface area (Å²) in [6.45, 7) is 2.05. The number of amides is 2. The number of rotatable bonds is 3. The van der Waals surface area contributed by atoms with Crippen molar-refractivity contribution in [2.24, 2.45) is 0 Å². The van der Waals surface area contributed by atoms with E-state index in [-0.39, 0.29) is 17.6 Å². The fraction of sp³-hybridized carbons (Fsp3) is 0.364. The lowest BCUT2D eigenvalue weighted by molar-refractivity contribution is 0.0285.